The normalized spacial score (nSPS) is 9.93. The molecule has 1 heterocycles. The fraction of sp³-hybridized carbons (Fsp3) is 0.444. The highest BCUT2D eigenvalue weighted by molar-refractivity contribution is 6.67. The molecule has 1 rings (SSSR count). The Bertz CT molecular complexity index is 342. The summed E-state index contributed by atoms with van der Waals surface area (Å²) in [4.78, 5) is 18.7. The first kappa shape index (κ1) is 10.9. The summed E-state index contributed by atoms with van der Waals surface area (Å²) in [5.41, 5.74) is 0.767. The van der Waals surface area contributed by atoms with Gasteiger partial charge in [0.1, 0.15) is 0 Å². The van der Waals surface area contributed by atoms with E-state index in [1.807, 2.05) is 6.92 Å². The molecule has 0 aliphatic carbocycles. The van der Waals surface area contributed by atoms with E-state index in [0.717, 1.165) is 18.5 Å². The Kier molecular flexibility index (Phi) is 3.83. The van der Waals surface area contributed by atoms with Crippen LogP contribution in [0.2, 0.25) is 0 Å². The second-order valence-corrected chi connectivity index (χ2v) is 3.09. The molecular formula is C9H11ClN2O2. The third-order valence-electron chi connectivity index (χ3n) is 1.65. The highest BCUT2D eigenvalue weighted by atomic mass is 35.5. The van der Waals surface area contributed by atoms with Crippen LogP contribution in [-0.2, 0) is 6.42 Å². The van der Waals surface area contributed by atoms with Gasteiger partial charge in [-0.05, 0) is 18.0 Å². The summed E-state index contributed by atoms with van der Waals surface area (Å²) in [7, 11) is 1.49. The van der Waals surface area contributed by atoms with Crippen molar-refractivity contribution in [1.82, 2.24) is 9.97 Å². The third-order valence-corrected chi connectivity index (χ3v) is 1.82. The van der Waals surface area contributed by atoms with Crippen molar-refractivity contribution in [2.75, 3.05) is 7.11 Å². The minimum absolute atomic E-state index is 0.00512. The summed E-state index contributed by atoms with van der Waals surface area (Å²) in [6.07, 6.45) is 1.71. The molecule has 0 aliphatic heterocycles. The standard InChI is InChI=1S/C9H11ClN2O2/c1-3-4-6-5-7(14-2)12-9(11-6)8(10)13/h5H,3-4H2,1-2H3. The van der Waals surface area contributed by atoms with E-state index in [1.54, 1.807) is 6.07 Å². The number of rotatable bonds is 4. The number of carbonyl (C=O) groups excluding carboxylic acids is 1. The number of aryl methyl sites for hydroxylation is 1. The van der Waals surface area contributed by atoms with Crippen molar-refractivity contribution in [2.45, 2.75) is 19.8 Å². The van der Waals surface area contributed by atoms with Gasteiger partial charge < -0.3 is 4.74 Å². The van der Waals surface area contributed by atoms with E-state index in [9.17, 15) is 4.79 Å². The number of hydrogen-bond acceptors (Lipinski definition) is 4. The molecule has 0 bridgehead atoms. The van der Waals surface area contributed by atoms with Gasteiger partial charge in [-0.1, -0.05) is 13.3 Å². The lowest BCUT2D eigenvalue weighted by atomic mass is 10.2. The molecule has 0 saturated carbocycles. The predicted molar refractivity (Wildman–Crippen MR) is 52.8 cm³/mol. The number of methoxy groups -OCH3 is 1. The van der Waals surface area contributed by atoms with Gasteiger partial charge in [0.15, 0.2) is 0 Å². The smallest absolute Gasteiger partial charge is 0.289 e. The lowest BCUT2D eigenvalue weighted by Crippen LogP contribution is -2.04. The lowest BCUT2D eigenvalue weighted by Gasteiger charge is -2.03. The second-order valence-electron chi connectivity index (χ2n) is 2.75. The maximum Gasteiger partial charge on any atom is 0.289 e. The summed E-state index contributed by atoms with van der Waals surface area (Å²) < 4.78 is 4.93. The minimum Gasteiger partial charge on any atom is -0.481 e. The molecule has 4 nitrogen and oxygen atoms in total. The van der Waals surface area contributed by atoms with Crippen LogP contribution in [0.1, 0.15) is 29.7 Å². The molecule has 0 radical (unpaired) electrons. The highest BCUT2D eigenvalue weighted by Gasteiger charge is 2.09. The Hall–Kier alpha value is -1.16. The quantitative estimate of drug-likeness (QED) is 0.718. The topological polar surface area (TPSA) is 52.1 Å². The van der Waals surface area contributed by atoms with E-state index < -0.39 is 5.24 Å². The fourth-order valence-electron chi connectivity index (χ4n) is 1.05. The van der Waals surface area contributed by atoms with E-state index >= 15 is 0 Å². The Morgan fingerprint density at radius 2 is 2.29 bits per heavy atom. The van der Waals surface area contributed by atoms with E-state index in [0.29, 0.717) is 5.88 Å². The van der Waals surface area contributed by atoms with Crippen molar-refractivity contribution in [3.8, 4) is 5.88 Å². The van der Waals surface area contributed by atoms with Crippen molar-refractivity contribution in [3.05, 3.63) is 17.6 Å². The molecule has 1 aromatic rings. The minimum atomic E-state index is -0.666. The van der Waals surface area contributed by atoms with Crippen LogP contribution in [-0.4, -0.2) is 22.3 Å². The highest BCUT2D eigenvalue weighted by Crippen LogP contribution is 2.11. The van der Waals surface area contributed by atoms with E-state index in [-0.39, 0.29) is 5.82 Å². The van der Waals surface area contributed by atoms with Crippen LogP contribution >= 0.6 is 11.6 Å². The first-order valence-corrected chi connectivity index (χ1v) is 4.67. The van der Waals surface area contributed by atoms with Crippen LogP contribution < -0.4 is 4.74 Å². The maximum atomic E-state index is 10.9. The molecule has 0 aromatic carbocycles. The first-order chi connectivity index (χ1) is 6.67. The summed E-state index contributed by atoms with van der Waals surface area (Å²) in [5, 5.41) is -0.666. The first-order valence-electron chi connectivity index (χ1n) is 4.29. The van der Waals surface area contributed by atoms with Gasteiger partial charge in [0.25, 0.3) is 5.24 Å². The Balaban J connectivity index is 3.06. The zero-order valence-corrected chi connectivity index (χ0v) is 8.84. The van der Waals surface area contributed by atoms with E-state index in [1.165, 1.54) is 7.11 Å². The molecule has 0 atom stereocenters. The molecule has 0 N–H and O–H groups in total. The van der Waals surface area contributed by atoms with Crippen LogP contribution in [0.5, 0.6) is 5.88 Å². The second kappa shape index (κ2) is 4.91. The largest absolute Gasteiger partial charge is 0.481 e. The zero-order chi connectivity index (χ0) is 10.6. The van der Waals surface area contributed by atoms with Crippen molar-refractivity contribution >= 4 is 16.8 Å². The van der Waals surface area contributed by atoms with Crippen LogP contribution in [0.15, 0.2) is 6.07 Å². The van der Waals surface area contributed by atoms with Crippen LogP contribution in [0, 0.1) is 0 Å². The number of aromatic nitrogens is 2. The number of ether oxygens (including phenoxy) is 1. The Labute approximate surface area is 87.3 Å². The summed E-state index contributed by atoms with van der Waals surface area (Å²) in [5.74, 6) is 0.363. The number of nitrogens with zero attached hydrogens (tertiary/aromatic N) is 2. The van der Waals surface area contributed by atoms with Gasteiger partial charge in [-0.25, -0.2) is 4.98 Å². The summed E-state index contributed by atoms with van der Waals surface area (Å²) >= 11 is 5.28. The van der Waals surface area contributed by atoms with Crippen molar-refractivity contribution in [2.24, 2.45) is 0 Å². The maximum absolute atomic E-state index is 10.9. The van der Waals surface area contributed by atoms with Crippen molar-refractivity contribution in [1.29, 1.82) is 0 Å². The van der Waals surface area contributed by atoms with Crippen LogP contribution in [0.25, 0.3) is 0 Å². The van der Waals surface area contributed by atoms with Crippen LogP contribution in [0.4, 0.5) is 0 Å². The average Bonchev–Trinajstić information content (AvgIpc) is 2.17. The fourth-order valence-corrected chi connectivity index (χ4v) is 1.13. The SMILES string of the molecule is CCCc1cc(OC)nc(C(=O)Cl)n1. The number of hydrogen-bond donors (Lipinski definition) is 0. The van der Waals surface area contributed by atoms with Gasteiger partial charge >= 0.3 is 0 Å². The van der Waals surface area contributed by atoms with Gasteiger partial charge in [-0.15, -0.1) is 0 Å². The third kappa shape index (κ3) is 2.67. The van der Waals surface area contributed by atoms with E-state index in [4.69, 9.17) is 16.3 Å². The Morgan fingerprint density at radius 1 is 1.57 bits per heavy atom. The lowest BCUT2D eigenvalue weighted by molar-refractivity contribution is 0.107. The molecule has 5 heteroatoms. The molecule has 14 heavy (non-hydrogen) atoms. The van der Waals surface area contributed by atoms with Gasteiger partial charge in [0, 0.05) is 11.8 Å². The molecule has 0 amide bonds. The molecule has 0 saturated heterocycles. The summed E-state index contributed by atoms with van der Waals surface area (Å²) in [6, 6.07) is 1.70. The summed E-state index contributed by atoms with van der Waals surface area (Å²) in [6.45, 7) is 2.02. The molecule has 0 fully saturated rings. The van der Waals surface area contributed by atoms with E-state index in [2.05, 4.69) is 9.97 Å². The molecule has 0 spiro atoms. The molecule has 1 aromatic heterocycles. The zero-order valence-electron chi connectivity index (χ0n) is 8.08. The van der Waals surface area contributed by atoms with Crippen LogP contribution in [0.3, 0.4) is 0 Å². The van der Waals surface area contributed by atoms with Gasteiger partial charge in [0.05, 0.1) is 7.11 Å². The number of carbonyl (C=O) groups is 1. The molecular weight excluding hydrogens is 204 g/mol. The van der Waals surface area contributed by atoms with Crippen molar-refractivity contribution in [3.63, 3.8) is 0 Å². The molecule has 0 unspecified atom stereocenters. The monoisotopic (exact) mass is 214 g/mol. The Morgan fingerprint density at radius 3 is 2.79 bits per heavy atom. The number of halogens is 1. The van der Waals surface area contributed by atoms with Gasteiger partial charge in [0.2, 0.25) is 11.7 Å². The predicted octanol–water partition coefficient (Wildman–Crippen LogP) is 1.82. The molecule has 0 aliphatic rings. The average molecular weight is 215 g/mol. The van der Waals surface area contributed by atoms with Crippen molar-refractivity contribution < 1.29 is 9.53 Å². The van der Waals surface area contributed by atoms with Gasteiger partial charge in [-0.2, -0.15) is 4.98 Å². The van der Waals surface area contributed by atoms with Gasteiger partial charge in [-0.3, -0.25) is 4.79 Å². The molecule has 76 valence electrons.